The Hall–Kier alpha value is 1.04. The highest BCUT2D eigenvalue weighted by atomic mass is 29.9. The van der Waals surface area contributed by atoms with Gasteiger partial charge in [0.2, 0.25) is 0 Å². The quantitative estimate of drug-likeness (QED) is 0.375. The van der Waals surface area contributed by atoms with Gasteiger partial charge in [0.15, 0.2) is 0 Å². The lowest BCUT2D eigenvalue weighted by molar-refractivity contribution is 0.629. The zero-order valence-electron chi connectivity index (χ0n) is 5.74. The molecular formula is C2H14OSi5. The van der Waals surface area contributed by atoms with E-state index >= 15 is 0 Å². The van der Waals surface area contributed by atoms with Crippen molar-refractivity contribution in [1.82, 2.24) is 0 Å². The molecule has 0 amide bonds. The van der Waals surface area contributed by atoms with Crippen molar-refractivity contribution in [2.45, 2.75) is 13.1 Å². The molecule has 1 heterocycles. The Morgan fingerprint density at radius 3 is 2.25 bits per heavy atom. The van der Waals surface area contributed by atoms with Crippen LogP contribution in [0.2, 0.25) is 13.1 Å². The zero-order valence-corrected chi connectivity index (χ0v) is 12.4. The van der Waals surface area contributed by atoms with Crippen LogP contribution < -0.4 is 0 Å². The van der Waals surface area contributed by atoms with E-state index in [4.69, 9.17) is 4.12 Å². The Kier molecular flexibility index (Phi) is 2.46. The first-order valence-corrected chi connectivity index (χ1v) is 21.2. The van der Waals surface area contributed by atoms with Gasteiger partial charge in [0, 0.05) is 17.1 Å². The third kappa shape index (κ3) is 2.11. The molecule has 48 valence electrons. The topological polar surface area (TPSA) is 9.23 Å². The fraction of sp³-hybridized carbons (Fsp3) is 1.00. The molecule has 0 atom stereocenters. The lowest BCUT2D eigenvalue weighted by atomic mass is 11.9. The minimum atomic E-state index is -0.793. The van der Waals surface area contributed by atoms with Crippen LogP contribution in [-0.4, -0.2) is 42.8 Å². The van der Waals surface area contributed by atoms with Gasteiger partial charge in [-0.2, -0.15) is 0 Å². The number of hydrogen-bond acceptors (Lipinski definition) is 1. The van der Waals surface area contributed by atoms with Crippen LogP contribution in [0.1, 0.15) is 0 Å². The first kappa shape index (κ1) is 7.15. The monoisotopic (exact) mass is 194 g/mol. The van der Waals surface area contributed by atoms with E-state index in [1.807, 2.05) is 0 Å². The molecule has 1 fully saturated rings. The molecule has 0 saturated carbocycles. The second-order valence-corrected chi connectivity index (χ2v) is 39.4. The van der Waals surface area contributed by atoms with Crippen LogP contribution >= 0.6 is 0 Å². The third-order valence-corrected chi connectivity index (χ3v) is 62.8. The predicted molar refractivity (Wildman–Crippen MR) is 52.7 cm³/mol. The SMILES string of the molecule is C[Si]1(C)O[SiH2][SiH2][SiH2][SiH2]1. The van der Waals surface area contributed by atoms with Crippen molar-refractivity contribution in [3.05, 3.63) is 0 Å². The Bertz CT molecular complexity index is 74.5. The largest absolute Gasteiger partial charge is 0.467 e. The zero-order chi connectivity index (χ0) is 6.04. The first-order chi connectivity index (χ1) is 3.71. The number of hydrogen-bond donors (Lipinski definition) is 0. The van der Waals surface area contributed by atoms with E-state index in [1.165, 1.54) is 0 Å². The van der Waals surface area contributed by atoms with Gasteiger partial charge in [-0.1, -0.05) is 0 Å². The molecule has 0 aromatic rings. The van der Waals surface area contributed by atoms with Crippen LogP contribution in [0.3, 0.4) is 0 Å². The summed E-state index contributed by atoms with van der Waals surface area (Å²) in [5.41, 5.74) is 0. The van der Waals surface area contributed by atoms with Crippen LogP contribution in [-0.2, 0) is 4.12 Å². The minimum Gasteiger partial charge on any atom is -0.467 e. The highest BCUT2D eigenvalue weighted by Gasteiger charge is 2.24. The summed E-state index contributed by atoms with van der Waals surface area (Å²) in [5.74, 6) is 0. The van der Waals surface area contributed by atoms with Gasteiger partial charge in [-0.3, -0.25) is 0 Å². The summed E-state index contributed by atoms with van der Waals surface area (Å²) < 4.78 is 5.90. The summed E-state index contributed by atoms with van der Waals surface area (Å²) in [4.78, 5) is 0. The molecule has 0 spiro atoms. The molecule has 0 radical (unpaired) electrons. The van der Waals surface area contributed by atoms with Gasteiger partial charge in [0.25, 0.3) is 0 Å². The van der Waals surface area contributed by atoms with E-state index < -0.39 is 7.83 Å². The second kappa shape index (κ2) is 2.75. The Balaban J connectivity index is 2.33. The standard InChI is InChI=1S/C2H14OSi5/c1-8(2)3-4-5-6-7-8/h4-7H2,1-2H3. The molecule has 0 aromatic carbocycles. The number of rotatable bonds is 0. The molecule has 0 bridgehead atoms. The lowest BCUT2D eigenvalue weighted by Gasteiger charge is -2.26. The van der Waals surface area contributed by atoms with Crippen molar-refractivity contribution in [3.63, 3.8) is 0 Å². The maximum Gasteiger partial charge on any atom is 0.148 e. The van der Waals surface area contributed by atoms with Crippen LogP contribution in [0, 0.1) is 0 Å². The van der Waals surface area contributed by atoms with Gasteiger partial charge < -0.3 is 4.12 Å². The Morgan fingerprint density at radius 2 is 2.00 bits per heavy atom. The molecule has 0 aromatic heterocycles. The average molecular weight is 195 g/mol. The fourth-order valence-electron chi connectivity index (χ4n) is 1.07. The van der Waals surface area contributed by atoms with Crippen LogP contribution in [0.15, 0.2) is 0 Å². The van der Waals surface area contributed by atoms with Crippen molar-refractivity contribution in [2.24, 2.45) is 0 Å². The fourth-order valence-corrected chi connectivity index (χ4v) is 96.2. The summed E-state index contributed by atoms with van der Waals surface area (Å²) in [7, 11) is 1.17. The molecule has 0 N–H and O–H groups in total. The molecule has 1 rings (SSSR count). The summed E-state index contributed by atoms with van der Waals surface area (Å²) in [6, 6.07) is 0. The van der Waals surface area contributed by atoms with Gasteiger partial charge in [0.1, 0.15) is 17.1 Å². The molecule has 6 heteroatoms. The van der Waals surface area contributed by atoms with Crippen molar-refractivity contribution < 1.29 is 4.12 Å². The minimum absolute atomic E-state index is 0.201. The average Bonchev–Trinajstić information content (AvgIpc) is 1.65. The van der Waals surface area contributed by atoms with E-state index in [0.29, 0.717) is 25.7 Å². The molecule has 0 unspecified atom stereocenters. The highest BCUT2D eigenvalue weighted by molar-refractivity contribution is 7.61. The summed E-state index contributed by atoms with van der Waals surface area (Å²) >= 11 is 0. The van der Waals surface area contributed by atoms with Crippen molar-refractivity contribution in [2.75, 3.05) is 0 Å². The molecule has 1 nitrogen and oxygen atoms in total. The summed E-state index contributed by atoms with van der Waals surface area (Å²) in [6.07, 6.45) is 0. The van der Waals surface area contributed by atoms with Crippen molar-refractivity contribution >= 4 is 42.8 Å². The summed E-state index contributed by atoms with van der Waals surface area (Å²) in [6.45, 7) is 4.90. The van der Waals surface area contributed by atoms with Crippen molar-refractivity contribution in [1.29, 1.82) is 0 Å². The van der Waals surface area contributed by atoms with Gasteiger partial charge >= 0.3 is 0 Å². The van der Waals surface area contributed by atoms with E-state index in [0.717, 1.165) is 0 Å². The highest BCUT2D eigenvalue weighted by Crippen LogP contribution is 2.01. The molecule has 8 heavy (non-hydrogen) atoms. The van der Waals surface area contributed by atoms with E-state index in [9.17, 15) is 0 Å². The van der Waals surface area contributed by atoms with E-state index in [-0.39, 0.29) is 9.28 Å². The van der Waals surface area contributed by atoms with Gasteiger partial charge in [-0.25, -0.2) is 0 Å². The molecule has 1 aliphatic rings. The van der Waals surface area contributed by atoms with Gasteiger partial charge in [0.05, 0.1) is 0 Å². The maximum absolute atomic E-state index is 5.90. The normalized spacial score (nSPS) is 39.8. The van der Waals surface area contributed by atoms with Crippen LogP contribution in [0.5, 0.6) is 0 Å². The molecular weight excluding hydrogens is 180 g/mol. The second-order valence-electron chi connectivity index (χ2n) is 3.07. The van der Waals surface area contributed by atoms with Crippen LogP contribution in [0.25, 0.3) is 0 Å². The Morgan fingerprint density at radius 1 is 1.25 bits per heavy atom. The molecule has 1 saturated heterocycles. The summed E-state index contributed by atoms with van der Waals surface area (Å²) in [5, 5.41) is 0. The third-order valence-electron chi connectivity index (χ3n) is 1.67. The van der Waals surface area contributed by atoms with Gasteiger partial charge in [-0.15, -0.1) is 0 Å². The van der Waals surface area contributed by atoms with E-state index in [2.05, 4.69) is 13.1 Å². The smallest absolute Gasteiger partial charge is 0.148 e. The van der Waals surface area contributed by atoms with E-state index in [1.54, 1.807) is 0 Å². The first-order valence-electron chi connectivity index (χ1n) is 3.35. The molecule has 1 aliphatic heterocycles. The predicted octanol–water partition coefficient (Wildman–Crippen LogP) is -2.95. The van der Waals surface area contributed by atoms with Crippen LogP contribution in [0.4, 0.5) is 0 Å². The Labute approximate surface area is 60.3 Å². The van der Waals surface area contributed by atoms with Gasteiger partial charge in [-0.05, 0) is 21.6 Å². The molecule has 0 aliphatic carbocycles. The lowest BCUT2D eigenvalue weighted by Crippen LogP contribution is -2.51. The van der Waals surface area contributed by atoms with Crippen molar-refractivity contribution in [3.8, 4) is 0 Å². The maximum atomic E-state index is 5.90.